The van der Waals surface area contributed by atoms with E-state index in [0.29, 0.717) is 0 Å². The van der Waals surface area contributed by atoms with Gasteiger partial charge in [-0.05, 0) is 60.5 Å². The fourth-order valence-electron chi connectivity index (χ4n) is 2.89. The van der Waals surface area contributed by atoms with Gasteiger partial charge in [0.05, 0.1) is 12.0 Å². The lowest BCUT2D eigenvalue weighted by Crippen LogP contribution is -2.25. The summed E-state index contributed by atoms with van der Waals surface area (Å²) in [5, 5.41) is 23.3. The number of carboxylic acids is 1. The van der Waals surface area contributed by atoms with Crippen LogP contribution in [0.1, 0.15) is 54.9 Å². The summed E-state index contributed by atoms with van der Waals surface area (Å²) in [6, 6.07) is 1.88. The quantitative estimate of drug-likeness (QED) is 0.938. The first-order chi connectivity index (χ1) is 10.1. The van der Waals surface area contributed by atoms with Gasteiger partial charge in [0.15, 0.2) is 5.82 Å². The van der Waals surface area contributed by atoms with Crippen molar-refractivity contribution in [3.63, 3.8) is 0 Å². The Morgan fingerprint density at radius 1 is 1.52 bits per heavy atom. The number of aliphatic carboxylic acids is 1. The summed E-state index contributed by atoms with van der Waals surface area (Å²) < 4.78 is 1.69. The number of tetrazole rings is 1. The number of aryl methyl sites for hydroxylation is 1. The molecule has 112 valence electrons. The summed E-state index contributed by atoms with van der Waals surface area (Å²) in [7, 11) is 0. The van der Waals surface area contributed by atoms with Crippen LogP contribution in [0.4, 0.5) is 0 Å². The highest BCUT2D eigenvalue weighted by molar-refractivity contribution is 7.10. The zero-order valence-electron chi connectivity index (χ0n) is 12.1. The topological polar surface area (TPSA) is 80.9 Å². The van der Waals surface area contributed by atoms with Crippen LogP contribution in [-0.4, -0.2) is 31.3 Å². The predicted octanol–water partition coefficient (Wildman–Crippen LogP) is 2.48. The van der Waals surface area contributed by atoms with E-state index in [0.717, 1.165) is 25.1 Å². The molecular weight excluding hydrogens is 288 g/mol. The van der Waals surface area contributed by atoms with Crippen LogP contribution >= 0.6 is 11.3 Å². The molecule has 0 aromatic carbocycles. The summed E-state index contributed by atoms with van der Waals surface area (Å²) in [6.45, 7) is 3.55. The first kappa shape index (κ1) is 14.2. The molecule has 0 bridgehead atoms. The third-order valence-electron chi connectivity index (χ3n) is 4.38. The molecule has 0 saturated heterocycles. The second-order valence-electron chi connectivity index (χ2n) is 5.59. The summed E-state index contributed by atoms with van der Waals surface area (Å²) in [5.74, 6) is -0.394. The number of hydrogen-bond acceptors (Lipinski definition) is 5. The fourth-order valence-corrected chi connectivity index (χ4v) is 3.88. The second kappa shape index (κ2) is 5.55. The van der Waals surface area contributed by atoms with Gasteiger partial charge in [-0.3, -0.25) is 4.79 Å². The lowest BCUT2D eigenvalue weighted by molar-refractivity contribution is -0.142. The van der Waals surface area contributed by atoms with Crippen molar-refractivity contribution in [1.29, 1.82) is 0 Å². The van der Waals surface area contributed by atoms with Gasteiger partial charge < -0.3 is 5.11 Å². The van der Waals surface area contributed by atoms with Crippen LogP contribution in [0.25, 0.3) is 0 Å². The summed E-state index contributed by atoms with van der Waals surface area (Å²) in [5.41, 5.74) is 1.30. The van der Waals surface area contributed by atoms with Crippen LogP contribution in [0.5, 0.6) is 0 Å². The van der Waals surface area contributed by atoms with Crippen molar-refractivity contribution in [1.82, 2.24) is 20.2 Å². The molecule has 2 aromatic heterocycles. The maximum Gasteiger partial charge on any atom is 0.308 e. The molecule has 2 aromatic rings. The van der Waals surface area contributed by atoms with Gasteiger partial charge in [0, 0.05) is 10.8 Å². The van der Waals surface area contributed by atoms with Gasteiger partial charge in [-0.2, -0.15) is 0 Å². The summed E-state index contributed by atoms with van der Waals surface area (Å²) in [4.78, 5) is 12.6. The van der Waals surface area contributed by atoms with Crippen molar-refractivity contribution in [2.75, 3.05) is 0 Å². The van der Waals surface area contributed by atoms with E-state index >= 15 is 0 Å². The van der Waals surface area contributed by atoms with E-state index in [9.17, 15) is 9.90 Å². The minimum atomic E-state index is -0.830. The molecule has 3 rings (SSSR count). The molecule has 21 heavy (non-hydrogen) atoms. The SMILES string of the molecule is CC(C(=O)O)C(C)n1nnnc1C1CCCc2sccc21. The largest absolute Gasteiger partial charge is 0.481 e. The van der Waals surface area contributed by atoms with Gasteiger partial charge in [-0.25, -0.2) is 4.68 Å². The summed E-state index contributed by atoms with van der Waals surface area (Å²) in [6.07, 6.45) is 3.25. The first-order valence-electron chi connectivity index (χ1n) is 7.16. The Labute approximate surface area is 126 Å². The molecule has 1 aliphatic carbocycles. The van der Waals surface area contributed by atoms with Crippen LogP contribution in [0.3, 0.4) is 0 Å². The number of fused-ring (bicyclic) bond motifs is 1. The highest BCUT2D eigenvalue weighted by Crippen LogP contribution is 2.39. The maximum atomic E-state index is 11.2. The van der Waals surface area contributed by atoms with E-state index in [-0.39, 0.29) is 12.0 Å². The Kier molecular flexibility index (Phi) is 3.75. The molecule has 0 amide bonds. The third-order valence-corrected chi connectivity index (χ3v) is 5.38. The molecule has 0 aliphatic heterocycles. The molecule has 0 fully saturated rings. The summed E-state index contributed by atoms with van der Waals surface area (Å²) >= 11 is 1.78. The van der Waals surface area contributed by atoms with Gasteiger partial charge in [0.1, 0.15) is 0 Å². The molecular formula is C14H18N4O2S. The number of thiophene rings is 1. The van der Waals surface area contributed by atoms with Gasteiger partial charge in [-0.15, -0.1) is 16.4 Å². The molecule has 6 nitrogen and oxygen atoms in total. The Hall–Kier alpha value is -1.76. The molecule has 3 atom stereocenters. The zero-order valence-corrected chi connectivity index (χ0v) is 12.9. The average molecular weight is 306 g/mol. The van der Waals surface area contributed by atoms with Crippen LogP contribution in [0.2, 0.25) is 0 Å². The highest BCUT2D eigenvalue weighted by atomic mass is 32.1. The Bertz CT molecular complexity index is 651. The average Bonchev–Trinajstić information content (AvgIpc) is 3.13. The van der Waals surface area contributed by atoms with E-state index < -0.39 is 11.9 Å². The van der Waals surface area contributed by atoms with E-state index in [1.165, 1.54) is 10.4 Å². The minimum absolute atomic E-state index is 0.179. The smallest absolute Gasteiger partial charge is 0.308 e. The van der Waals surface area contributed by atoms with Crippen LogP contribution < -0.4 is 0 Å². The Morgan fingerprint density at radius 3 is 3.10 bits per heavy atom. The maximum absolute atomic E-state index is 11.2. The molecule has 0 spiro atoms. The highest BCUT2D eigenvalue weighted by Gasteiger charge is 2.31. The Balaban J connectivity index is 1.96. The first-order valence-corrected chi connectivity index (χ1v) is 8.04. The number of rotatable bonds is 4. The van der Waals surface area contributed by atoms with Crippen molar-refractivity contribution in [2.24, 2.45) is 5.92 Å². The van der Waals surface area contributed by atoms with Crippen molar-refractivity contribution in [2.45, 2.75) is 45.1 Å². The standard InChI is InChI=1S/C14H18N4O2S/c1-8(14(19)20)9(2)18-13(15-16-17-18)11-4-3-5-12-10(11)6-7-21-12/h6-9,11H,3-5H2,1-2H3,(H,19,20). The second-order valence-corrected chi connectivity index (χ2v) is 6.59. The predicted molar refractivity (Wildman–Crippen MR) is 78.4 cm³/mol. The minimum Gasteiger partial charge on any atom is -0.481 e. The van der Waals surface area contributed by atoms with Gasteiger partial charge in [-0.1, -0.05) is 0 Å². The third kappa shape index (κ3) is 2.46. The van der Waals surface area contributed by atoms with Crippen molar-refractivity contribution in [3.05, 3.63) is 27.7 Å². The molecule has 3 unspecified atom stereocenters. The molecule has 1 aliphatic rings. The van der Waals surface area contributed by atoms with Crippen molar-refractivity contribution < 1.29 is 9.90 Å². The van der Waals surface area contributed by atoms with Crippen molar-refractivity contribution in [3.8, 4) is 0 Å². The fraction of sp³-hybridized carbons (Fsp3) is 0.571. The molecule has 2 heterocycles. The van der Waals surface area contributed by atoms with E-state index in [2.05, 4.69) is 27.0 Å². The zero-order chi connectivity index (χ0) is 15.0. The van der Waals surface area contributed by atoms with Crippen molar-refractivity contribution >= 4 is 17.3 Å². The molecule has 0 radical (unpaired) electrons. The van der Waals surface area contributed by atoms with E-state index in [1.807, 2.05) is 6.92 Å². The molecule has 7 heteroatoms. The van der Waals surface area contributed by atoms with Gasteiger partial charge >= 0.3 is 5.97 Å². The number of carboxylic acid groups (broad SMARTS) is 1. The lowest BCUT2D eigenvalue weighted by atomic mass is 9.87. The number of aromatic nitrogens is 4. The molecule has 0 saturated carbocycles. The normalized spacial score (nSPS) is 20.8. The number of nitrogens with zero attached hydrogens (tertiary/aromatic N) is 4. The Morgan fingerprint density at radius 2 is 2.33 bits per heavy atom. The van der Waals surface area contributed by atoms with Crippen LogP contribution in [-0.2, 0) is 11.2 Å². The number of carbonyl (C=O) groups is 1. The van der Waals surface area contributed by atoms with E-state index in [4.69, 9.17) is 0 Å². The van der Waals surface area contributed by atoms with Gasteiger partial charge in [0.25, 0.3) is 0 Å². The number of hydrogen-bond donors (Lipinski definition) is 1. The molecule has 1 N–H and O–H groups in total. The van der Waals surface area contributed by atoms with Crippen LogP contribution in [0, 0.1) is 5.92 Å². The van der Waals surface area contributed by atoms with Crippen LogP contribution in [0.15, 0.2) is 11.4 Å². The van der Waals surface area contributed by atoms with Gasteiger partial charge in [0.2, 0.25) is 0 Å². The lowest BCUT2D eigenvalue weighted by Gasteiger charge is -2.24. The monoisotopic (exact) mass is 306 g/mol. The van der Waals surface area contributed by atoms with E-state index in [1.54, 1.807) is 22.9 Å².